The predicted octanol–water partition coefficient (Wildman–Crippen LogP) is 6.55. The summed E-state index contributed by atoms with van der Waals surface area (Å²) in [7, 11) is 0. The third-order valence-corrected chi connectivity index (χ3v) is 9.34. The average Bonchev–Trinajstić information content (AvgIpc) is 3.61. The lowest BCUT2D eigenvalue weighted by atomic mass is 9.85. The van der Waals surface area contributed by atoms with Gasteiger partial charge in [-0.05, 0) is 108 Å². The number of aryl methyl sites for hydroxylation is 1. The van der Waals surface area contributed by atoms with Gasteiger partial charge in [0.05, 0.1) is 10.2 Å². The van der Waals surface area contributed by atoms with E-state index in [1.54, 1.807) is 16.2 Å². The Kier molecular flexibility index (Phi) is 12.9. The molecule has 0 radical (unpaired) electrons. The number of rotatable bonds is 14. The highest BCUT2D eigenvalue weighted by molar-refractivity contribution is 7.17. The van der Waals surface area contributed by atoms with E-state index in [0.717, 1.165) is 72.8 Å². The minimum Gasteiger partial charge on any atom is -0.444 e. The van der Waals surface area contributed by atoms with E-state index in [0.29, 0.717) is 25.3 Å². The standard InChI is InChI=1S/C36H51N5O5S/c1-6-40(28-13-11-12-25(2)22-28)32(42)24-41-29-18-21-47-31(29)23-30(41)34(44)39-27-16-14-26(15-17-27)33(43)37-19-9-7-8-10-20-38-35(45)46-36(3,4)5/h11-13,18,21-23,26-27H,6-10,14-17,19-20,24H2,1-5H3,(H,37,43)(H,38,45)(H,39,44)/t26-,27-. The Labute approximate surface area is 282 Å². The minimum absolute atomic E-state index is 0.0163. The van der Waals surface area contributed by atoms with Crippen molar-refractivity contribution in [2.24, 2.45) is 5.92 Å². The highest BCUT2D eigenvalue weighted by atomic mass is 32.1. The topological polar surface area (TPSA) is 122 Å². The molecule has 3 aromatic rings. The molecule has 256 valence electrons. The van der Waals surface area contributed by atoms with Crippen molar-refractivity contribution in [3.8, 4) is 0 Å². The molecule has 1 aliphatic carbocycles. The zero-order valence-corrected chi connectivity index (χ0v) is 29.3. The van der Waals surface area contributed by atoms with E-state index in [1.165, 1.54) is 0 Å². The largest absolute Gasteiger partial charge is 0.444 e. The first kappa shape index (κ1) is 36.0. The van der Waals surface area contributed by atoms with Crippen molar-refractivity contribution < 1.29 is 23.9 Å². The highest BCUT2D eigenvalue weighted by Gasteiger charge is 2.29. The van der Waals surface area contributed by atoms with Crippen LogP contribution in [0.1, 0.15) is 95.1 Å². The number of ether oxygens (including phenoxy) is 1. The van der Waals surface area contributed by atoms with E-state index in [4.69, 9.17) is 4.74 Å². The molecule has 4 rings (SSSR count). The van der Waals surface area contributed by atoms with E-state index in [2.05, 4.69) is 16.0 Å². The van der Waals surface area contributed by atoms with Crippen LogP contribution in [0.15, 0.2) is 41.8 Å². The van der Waals surface area contributed by atoms with Crippen molar-refractivity contribution in [3.05, 3.63) is 53.0 Å². The van der Waals surface area contributed by atoms with Gasteiger partial charge in [-0.25, -0.2) is 4.79 Å². The lowest BCUT2D eigenvalue weighted by molar-refractivity contribution is -0.126. The molecule has 2 aromatic heterocycles. The van der Waals surface area contributed by atoms with E-state index >= 15 is 0 Å². The number of fused-ring (bicyclic) bond motifs is 1. The fraction of sp³-hybridized carbons (Fsp3) is 0.556. The molecule has 1 aliphatic rings. The molecular weight excluding hydrogens is 614 g/mol. The van der Waals surface area contributed by atoms with Gasteiger partial charge in [0.2, 0.25) is 11.8 Å². The first-order valence-electron chi connectivity index (χ1n) is 16.9. The molecule has 4 amide bonds. The van der Waals surface area contributed by atoms with Gasteiger partial charge in [-0.1, -0.05) is 25.0 Å². The number of likely N-dealkylation sites (N-methyl/N-ethyl adjacent to an activating group) is 1. The molecule has 0 aliphatic heterocycles. The molecule has 1 aromatic carbocycles. The summed E-state index contributed by atoms with van der Waals surface area (Å²) in [4.78, 5) is 53.3. The number of benzene rings is 1. The summed E-state index contributed by atoms with van der Waals surface area (Å²) >= 11 is 1.55. The van der Waals surface area contributed by atoms with Gasteiger partial charge in [-0.15, -0.1) is 11.3 Å². The number of thiophene rings is 1. The van der Waals surface area contributed by atoms with Crippen LogP contribution in [0.25, 0.3) is 10.2 Å². The highest BCUT2D eigenvalue weighted by Crippen LogP contribution is 2.28. The molecule has 2 heterocycles. The molecule has 3 N–H and O–H groups in total. The molecule has 0 unspecified atom stereocenters. The number of alkyl carbamates (subject to hydrolysis) is 1. The Bertz CT molecular complexity index is 1520. The van der Waals surface area contributed by atoms with Crippen molar-refractivity contribution in [1.82, 2.24) is 20.5 Å². The minimum atomic E-state index is -0.498. The van der Waals surface area contributed by atoms with Crippen LogP contribution >= 0.6 is 11.3 Å². The molecule has 0 bridgehead atoms. The van der Waals surface area contributed by atoms with Gasteiger partial charge in [0.25, 0.3) is 5.91 Å². The number of amides is 4. The van der Waals surface area contributed by atoms with Crippen LogP contribution in [0.3, 0.4) is 0 Å². The van der Waals surface area contributed by atoms with Crippen molar-refractivity contribution >= 4 is 51.1 Å². The molecule has 10 nitrogen and oxygen atoms in total. The first-order chi connectivity index (χ1) is 22.4. The quantitative estimate of drug-likeness (QED) is 0.169. The van der Waals surface area contributed by atoms with Crippen LogP contribution in [0.5, 0.6) is 0 Å². The molecule has 11 heteroatoms. The zero-order chi connectivity index (χ0) is 34.0. The lowest BCUT2D eigenvalue weighted by Gasteiger charge is -2.28. The number of aromatic nitrogens is 1. The molecular formula is C36H51N5O5S. The number of anilines is 1. The summed E-state index contributed by atoms with van der Waals surface area (Å²) in [6, 6.07) is 11.7. The summed E-state index contributed by atoms with van der Waals surface area (Å²) in [5.74, 6) is -0.218. The Balaban J connectivity index is 1.20. The Morgan fingerprint density at radius 2 is 1.66 bits per heavy atom. The van der Waals surface area contributed by atoms with Gasteiger partial charge >= 0.3 is 6.09 Å². The number of unbranched alkanes of at least 4 members (excludes halogenated alkanes) is 3. The van der Waals surface area contributed by atoms with Crippen LogP contribution in [0, 0.1) is 12.8 Å². The average molecular weight is 666 g/mol. The second-order valence-corrected chi connectivity index (χ2v) is 14.4. The third kappa shape index (κ3) is 10.6. The predicted molar refractivity (Wildman–Crippen MR) is 188 cm³/mol. The van der Waals surface area contributed by atoms with Crippen molar-refractivity contribution in [2.75, 3.05) is 24.5 Å². The molecule has 0 spiro atoms. The second kappa shape index (κ2) is 16.8. The Morgan fingerprint density at radius 1 is 0.957 bits per heavy atom. The molecule has 1 fully saturated rings. The summed E-state index contributed by atoms with van der Waals surface area (Å²) < 4.78 is 8.04. The van der Waals surface area contributed by atoms with Crippen molar-refractivity contribution in [3.63, 3.8) is 0 Å². The number of carbonyl (C=O) groups is 4. The number of carbonyl (C=O) groups excluding carboxylic acids is 4. The van der Waals surface area contributed by atoms with Gasteiger partial charge in [0.15, 0.2) is 0 Å². The Hall–Kier alpha value is -3.86. The summed E-state index contributed by atoms with van der Waals surface area (Å²) in [6.45, 7) is 11.3. The second-order valence-electron chi connectivity index (χ2n) is 13.4. The third-order valence-electron chi connectivity index (χ3n) is 8.48. The number of nitrogens with one attached hydrogen (secondary N) is 3. The van der Waals surface area contributed by atoms with Gasteiger partial charge in [0, 0.05) is 37.3 Å². The number of hydrogen-bond donors (Lipinski definition) is 3. The zero-order valence-electron chi connectivity index (χ0n) is 28.5. The molecule has 1 saturated carbocycles. The van der Waals surface area contributed by atoms with Crippen LogP contribution in [0.4, 0.5) is 10.5 Å². The maximum Gasteiger partial charge on any atom is 0.407 e. The molecule has 0 saturated heterocycles. The fourth-order valence-electron chi connectivity index (χ4n) is 6.08. The monoisotopic (exact) mass is 665 g/mol. The van der Waals surface area contributed by atoms with E-state index in [9.17, 15) is 19.2 Å². The normalized spacial score (nSPS) is 16.4. The molecule has 0 atom stereocenters. The first-order valence-corrected chi connectivity index (χ1v) is 17.8. The maximum absolute atomic E-state index is 13.6. The van der Waals surface area contributed by atoms with Gasteiger partial charge in [0.1, 0.15) is 17.8 Å². The van der Waals surface area contributed by atoms with Crippen molar-refractivity contribution in [1.29, 1.82) is 0 Å². The fourth-order valence-corrected chi connectivity index (χ4v) is 6.90. The summed E-state index contributed by atoms with van der Waals surface area (Å²) in [6.07, 6.45) is 6.24. The Morgan fingerprint density at radius 3 is 2.32 bits per heavy atom. The van der Waals surface area contributed by atoms with Gasteiger partial charge < -0.3 is 30.2 Å². The van der Waals surface area contributed by atoms with Gasteiger partial charge in [-0.3, -0.25) is 14.4 Å². The summed E-state index contributed by atoms with van der Waals surface area (Å²) in [5, 5.41) is 11.0. The number of nitrogens with zero attached hydrogens (tertiary/aromatic N) is 2. The van der Waals surface area contributed by atoms with Crippen LogP contribution in [0.2, 0.25) is 0 Å². The van der Waals surface area contributed by atoms with Crippen molar-refractivity contribution in [2.45, 2.75) is 104 Å². The van der Waals surface area contributed by atoms with Crippen LogP contribution in [-0.4, -0.2) is 59.7 Å². The van der Waals surface area contributed by atoms with Gasteiger partial charge in [-0.2, -0.15) is 0 Å². The van der Waals surface area contributed by atoms with Crippen LogP contribution in [-0.2, 0) is 20.9 Å². The van der Waals surface area contributed by atoms with E-state index < -0.39 is 11.7 Å². The SMILES string of the molecule is CCN(C(=O)Cn1c(C(=O)N[C@H]2CC[C@H](C(=O)NCCCCCCNC(=O)OC(C)(C)C)CC2)cc2sccc21)c1cccc(C)c1. The summed E-state index contributed by atoms with van der Waals surface area (Å²) in [5.41, 5.74) is 2.80. The smallest absolute Gasteiger partial charge is 0.407 e. The maximum atomic E-state index is 13.6. The van der Waals surface area contributed by atoms with E-state index in [-0.39, 0.29) is 36.2 Å². The van der Waals surface area contributed by atoms with E-state index in [1.807, 2.05) is 81.0 Å². The molecule has 47 heavy (non-hydrogen) atoms. The van der Waals surface area contributed by atoms with Crippen LogP contribution < -0.4 is 20.9 Å². The number of hydrogen-bond acceptors (Lipinski definition) is 6. The lowest BCUT2D eigenvalue weighted by Crippen LogP contribution is -2.42.